The molecule has 228 valence electrons. The van der Waals surface area contributed by atoms with Crippen molar-refractivity contribution in [3.05, 3.63) is 70.5 Å². The van der Waals surface area contributed by atoms with Crippen molar-refractivity contribution in [2.45, 2.75) is 65.3 Å². The number of aliphatic hydroxyl groups is 3. The van der Waals surface area contributed by atoms with Crippen LogP contribution >= 0.6 is 11.6 Å². The second kappa shape index (κ2) is 14.2. The van der Waals surface area contributed by atoms with Gasteiger partial charge in [-0.15, -0.1) is 0 Å². The second-order valence-electron chi connectivity index (χ2n) is 12.1. The van der Waals surface area contributed by atoms with Gasteiger partial charge >= 0.3 is 0 Å². The molecule has 5 atom stereocenters. The van der Waals surface area contributed by atoms with Gasteiger partial charge in [0, 0.05) is 40.8 Å². The Kier molecular flexibility index (Phi) is 11.5. The molecule has 10 heteroatoms. The third-order valence-corrected chi connectivity index (χ3v) is 8.40. The van der Waals surface area contributed by atoms with Gasteiger partial charge in [0.25, 0.3) is 0 Å². The van der Waals surface area contributed by atoms with Crippen LogP contribution in [0.2, 0.25) is 5.02 Å². The number of nitrogens with one attached hydrogen (secondary N) is 3. The van der Waals surface area contributed by atoms with Crippen LogP contribution < -0.4 is 26.0 Å². The molecule has 1 heterocycles. The van der Waals surface area contributed by atoms with Crippen LogP contribution in [0.15, 0.2) is 59.9 Å². The van der Waals surface area contributed by atoms with E-state index in [0.29, 0.717) is 41.6 Å². The van der Waals surface area contributed by atoms with E-state index in [1.54, 1.807) is 23.5 Å². The summed E-state index contributed by atoms with van der Waals surface area (Å²) < 4.78 is 5.66. The maximum atomic E-state index is 11.4. The standard InChI is InChI=1S/C31H48ClN5O4/c1-8-41-24-15-14-21(32)16-23(24)28(39)34-18-30(3,4)17-25(38)36-27(29(40)35-22-12-10-9-11-13-22)26-20(2)31(5,19-33-26)37(6)7/h9-16,20,25,28-29,33-36,38-40H,8,17-19H2,1-7H3/p+1/b27-26+. The third kappa shape index (κ3) is 8.58. The molecule has 3 rings (SSSR count). The van der Waals surface area contributed by atoms with Crippen molar-refractivity contribution in [3.63, 3.8) is 0 Å². The molecule has 0 radical (unpaired) electrons. The number of likely N-dealkylation sites (N-methyl/N-ethyl adjacent to an activating group) is 1. The van der Waals surface area contributed by atoms with E-state index in [4.69, 9.17) is 16.3 Å². The summed E-state index contributed by atoms with van der Waals surface area (Å²) in [5.74, 6) is 0.646. The van der Waals surface area contributed by atoms with E-state index in [2.05, 4.69) is 48.8 Å². The zero-order valence-corrected chi connectivity index (χ0v) is 26.2. The summed E-state index contributed by atoms with van der Waals surface area (Å²) in [4.78, 5) is 2.19. The molecule has 5 unspecified atom stereocenters. The molecule has 1 saturated heterocycles. The fourth-order valence-corrected chi connectivity index (χ4v) is 5.43. The fraction of sp³-hybridized carbons (Fsp3) is 0.548. The molecule has 0 amide bonds. The zero-order valence-electron chi connectivity index (χ0n) is 25.4. The van der Waals surface area contributed by atoms with Gasteiger partial charge in [-0.25, -0.2) is 0 Å². The molecule has 1 aliphatic rings. The lowest BCUT2D eigenvalue weighted by Crippen LogP contribution is -2.86. The molecule has 9 nitrogen and oxygen atoms in total. The smallest absolute Gasteiger partial charge is 0.235 e. The van der Waals surface area contributed by atoms with E-state index in [0.717, 1.165) is 17.9 Å². The third-order valence-electron chi connectivity index (χ3n) is 8.17. The van der Waals surface area contributed by atoms with Gasteiger partial charge in [-0.05, 0) is 70.1 Å². The summed E-state index contributed by atoms with van der Waals surface area (Å²) >= 11 is 6.17. The van der Waals surface area contributed by atoms with Crippen LogP contribution in [0, 0.1) is 11.3 Å². The lowest BCUT2D eigenvalue weighted by molar-refractivity contribution is -0.643. The van der Waals surface area contributed by atoms with Crippen molar-refractivity contribution in [2.24, 2.45) is 11.3 Å². The monoisotopic (exact) mass is 590 g/mol. The minimum atomic E-state index is -0.994. The highest BCUT2D eigenvalue weighted by molar-refractivity contribution is 6.30. The number of halogens is 1. The van der Waals surface area contributed by atoms with Gasteiger partial charge in [0.05, 0.1) is 6.61 Å². The molecule has 8 N–H and O–H groups in total. The molecule has 0 spiro atoms. The first kappa shape index (κ1) is 33.1. The number of aliphatic hydroxyl groups excluding tert-OH is 3. The summed E-state index contributed by atoms with van der Waals surface area (Å²) in [6, 6.07) is 14.8. The Morgan fingerprint density at radius 1 is 1.20 bits per heavy atom. The molecule has 0 aliphatic carbocycles. The van der Waals surface area contributed by atoms with Crippen LogP contribution in [0.3, 0.4) is 0 Å². The predicted octanol–water partition coefficient (Wildman–Crippen LogP) is 2.63. The molecule has 2 aromatic rings. The quantitative estimate of drug-likeness (QED) is 0.132. The first-order chi connectivity index (χ1) is 19.3. The largest absolute Gasteiger partial charge is 0.493 e. The van der Waals surface area contributed by atoms with Crippen molar-refractivity contribution in [1.82, 2.24) is 20.9 Å². The minimum Gasteiger partial charge on any atom is -0.493 e. The first-order valence-corrected chi connectivity index (χ1v) is 14.7. The van der Waals surface area contributed by atoms with Gasteiger partial charge in [0.2, 0.25) is 6.23 Å². The number of rotatable bonds is 14. The number of hydrogen-bond acceptors (Lipinski definition) is 8. The number of hydrogen-bond donors (Lipinski definition) is 7. The number of benzene rings is 2. The molecule has 0 aromatic heterocycles. The maximum absolute atomic E-state index is 11.4. The maximum Gasteiger partial charge on any atom is 0.235 e. The number of ether oxygens (including phenoxy) is 1. The number of quaternary nitrogens is 1. The molecule has 0 bridgehead atoms. The summed E-state index contributed by atoms with van der Waals surface area (Å²) in [5.41, 5.74) is 2.32. The van der Waals surface area contributed by atoms with Crippen LogP contribution in [-0.4, -0.2) is 72.0 Å². The van der Waals surface area contributed by atoms with Crippen LogP contribution in [0.25, 0.3) is 0 Å². The van der Waals surface area contributed by atoms with E-state index in [-0.39, 0.29) is 11.5 Å². The highest BCUT2D eigenvalue weighted by Crippen LogP contribution is 2.35. The zero-order chi connectivity index (χ0) is 30.4. The summed E-state index contributed by atoms with van der Waals surface area (Å²) in [7, 11) is 4.11. The molecule has 41 heavy (non-hydrogen) atoms. The van der Waals surface area contributed by atoms with Crippen molar-refractivity contribution in [2.75, 3.05) is 33.8 Å². The van der Waals surface area contributed by atoms with Crippen LogP contribution in [0.4, 0.5) is 5.69 Å². The van der Waals surface area contributed by atoms with Gasteiger partial charge < -0.3 is 35.6 Å². The summed E-state index contributed by atoms with van der Waals surface area (Å²) in [5, 5.41) is 45.7. The highest BCUT2D eigenvalue weighted by atomic mass is 35.5. The molecular weight excluding hydrogens is 542 g/mol. The number of nitrogens with zero attached hydrogens (tertiary/aromatic N) is 1. The number of para-hydroxylation sites is 1. The molecule has 1 fully saturated rings. The van der Waals surface area contributed by atoms with Crippen molar-refractivity contribution in [3.8, 4) is 5.75 Å². The van der Waals surface area contributed by atoms with E-state index < -0.39 is 24.1 Å². The van der Waals surface area contributed by atoms with E-state index in [9.17, 15) is 15.3 Å². The van der Waals surface area contributed by atoms with Crippen LogP contribution in [-0.2, 0) is 0 Å². The number of nitrogens with two attached hydrogens (primary N) is 1. The van der Waals surface area contributed by atoms with Crippen molar-refractivity contribution in [1.29, 1.82) is 0 Å². The van der Waals surface area contributed by atoms with Crippen LogP contribution in [0.5, 0.6) is 5.75 Å². The lowest BCUT2D eigenvalue weighted by Gasteiger charge is -2.36. The topological polar surface area (TPSA) is 126 Å². The van der Waals surface area contributed by atoms with Crippen molar-refractivity contribution < 1.29 is 25.4 Å². The Labute approximate surface area is 249 Å². The Morgan fingerprint density at radius 3 is 2.49 bits per heavy atom. The Hall–Kier alpha value is -2.37. The van der Waals surface area contributed by atoms with Crippen LogP contribution in [0.1, 0.15) is 52.8 Å². The molecule has 2 aromatic carbocycles. The van der Waals surface area contributed by atoms with Gasteiger partial charge in [-0.3, -0.25) is 10.6 Å². The average molecular weight is 591 g/mol. The lowest BCUT2D eigenvalue weighted by atomic mass is 9.86. The van der Waals surface area contributed by atoms with Gasteiger partial charge in [-0.2, -0.15) is 0 Å². The van der Waals surface area contributed by atoms with Gasteiger partial charge in [-0.1, -0.05) is 50.6 Å². The van der Waals surface area contributed by atoms with Gasteiger partial charge in [0.15, 0.2) is 0 Å². The normalized spacial score (nSPS) is 22.7. The summed E-state index contributed by atoms with van der Waals surface area (Å²) in [6.45, 7) is 11.8. The van der Waals surface area contributed by atoms with Gasteiger partial charge in [0.1, 0.15) is 29.6 Å². The SMILES string of the molecule is CCOc1ccc(Cl)cc1C(O)NCC(C)(C)CC(O)N/C(=C1/NCC(C)(N(C)C)C1C)C(O)[NH2+]c1ccccc1. The minimum absolute atomic E-state index is 0.0769. The Bertz CT molecular complexity index is 1160. The second-order valence-corrected chi connectivity index (χ2v) is 12.5. The van der Waals surface area contributed by atoms with Crippen molar-refractivity contribution >= 4 is 17.3 Å². The fourth-order valence-electron chi connectivity index (χ4n) is 5.25. The average Bonchev–Trinajstić information content (AvgIpc) is 3.22. The van der Waals surface area contributed by atoms with E-state index in [1.165, 1.54) is 0 Å². The highest BCUT2D eigenvalue weighted by Gasteiger charge is 2.44. The van der Waals surface area contributed by atoms with E-state index >= 15 is 0 Å². The molecule has 0 saturated carbocycles. The summed E-state index contributed by atoms with van der Waals surface area (Å²) in [6.07, 6.45) is -2.54. The molecular formula is C31H49ClN5O4+. The predicted molar refractivity (Wildman–Crippen MR) is 163 cm³/mol. The molecule has 1 aliphatic heterocycles. The first-order valence-electron chi connectivity index (χ1n) is 14.3. The van der Waals surface area contributed by atoms with E-state index in [1.807, 2.05) is 51.1 Å². The Balaban J connectivity index is 1.74. The Morgan fingerprint density at radius 2 is 1.88 bits per heavy atom.